The van der Waals surface area contributed by atoms with Gasteiger partial charge in [0.25, 0.3) is 5.91 Å². The summed E-state index contributed by atoms with van der Waals surface area (Å²) in [6, 6.07) is 8.86. The van der Waals surface area contributed by atoms with Crippen LogP contribution in [0.1, 0.15) is 18.4 Å². The summed E-state index contributed by atoms with van der Waals surface area (Å²) in [7, 11) is 0. The first-order chi connectivity index (χ1) is 18.1. The number of aryl methyl sites for hydroxylation is 1. The third kappa shape index (κ3) is 5.11. The average molecular weight is 532 g/mol. The van der Waals surface area contributed by atoms with Crippen LogP contribution >= 0.6 is 0 Å². The second kappa shape index (κ2) is 9.49. The zero-order chi connectivity index (χ0) is 27.0. The van der Waals surface area contributed by atoms with Crippen LogP contribution in [0, 0.1) is 5.82 Å². The molecule has 0 fully saturated rings. The largest absolute Gasteiger partial charge is 0.493 e. The van der Waals surface area contributed by atoms with Gasteiger partial charge in [0.1, 0.15) is 0 Å². The summed E-state index contributed by atoms with van der Waals surface area (Å²) in [5.74, 6) is -4.91. The molecule has 4 aromatic rings. The first kappa shape index (κ1) is 24.7. The Bertz CT molecular complexity index is 1620. The fourth-order valence-corrected chi connectivity index (χ4v) is 3.77. The first-order valence-electron chi connectivity index (χ1n) is 11.0. The molecule has 0 unspecified atom stereocenters. The van der Waals surface area contributed by atoms with Crippen LogP contribution in [0.15, 0.2) is 51.8 Å². The van der Waals surface area contributed by atoms with Crippen LogP contribution in [0.2, 0.25) is 0 Å². The van der Waals surface area contributed by atoms with Gasteiger partial charge in [0.05, 0.1) is 17.4 Å². The van der Waals surface area contributed by atoms with Gasteiger partial charge in [0.2, 0.25) is 5.95 Å². The minimum absolute atomic E-state index is 0.00860. The number of amides is 1. The van der Waals surface area contributed by atoms with E-state index in [-0.39, 0.29) is 23.9 Å². The van der Waals surface area contributed by atoms with Crippen molar-refractivity contribution in [2.75, 3.05) is 15.7 Å². The molecule has 5 rings (SSSR count). The molecule has 2 aromatic carbocycles. The van der Waals surface area contributed by atoms with E-state index in [1.165, 1.54) is 30.3 Å². The number of aromatic amines is 1. The maximum atomic E-state index is 14.4. The van der Waals surface area contributed by atoms with Crippen LogP contribution in [-0.2, 0) is 20.8 Å². The standard InChI is InChI=1S/C23H16F4N6O5/c24-14-10-28-21(32-19(14)29-13-5-7-17-15(9-13)31-22(36)37-17)30-12-4-6-16-11(8-12)2-1-3-18(34)33(16)38-20(35)23(25,26)27/h4-10H,1-3H2,(H,31,36)(H2,28,29,30,32). The number of carbonyl (C=O) groups excluding carboxylic acids is 2. The summed E-state index contributed by atoms with van der Waals surface area (Å²) in [4.78, 5) is 49.8. The number of nitrogens with one attached hydrogen (secondary N) is 3. The maximum Gasteiger partial charge on any atom is 0.493 e. The van der Waals surface area contributed by atoms with Crippen LogP contribution in [-0.4, -0.2) is 33.0 Å². The number of hydrogen-bond acceptors (Lipinski definition) is 9. The lowest BCUT2D eigenvalue weighted by Gasteiger charge is -2.22. The Balaban J connectivity index is 1.37. The molecule has 0 saturated carbocycles. The Morgan fingerprint density at radius 3 is 2.63 bits per heavy atom. The fraction of sp³-hybridized carbons (Fsp3) is 0.174. The highest BCUT2D eigenvalue weighted by molar-refractivity contribution is 5.95. The van der Waals surface area contributed by atoms with E-state index in [0.29, 0.717) is 45.9 Å². The van der Waals surface area contributed by atoms with Gasteiger partial charge in [-0.25, -0.2) is 19.0 Å². The number of hydroxylamine groups is 1. The van der Waals surface area contributed by atoms with E-state index in [0.717, 1.165) is 6.20 Å². The predicted octanol–water partition coefficient (Wildman–Crippen LogP) is 4.23. The van der Waals surface area contributed by atoms with Crippen LogP contribution in [0.5, 0.6) is 0 Å². The highest BCUT2D eigenvalue weighted by Gasteiger charge is 2.44. The number of hydrogen-bond donors (Lipinski definition) is 3. The first-order valence-corrected chi connectivity index (χ1v) is 11.0. The number of anilines is 5. The van der Waals surface area contributed by atoms with E-state index >= 15 is 0 Å². The van der Waals surface area contributed by atoms with Gasteiger partial charge in [-0.2, -0.15) is 18.2 Å². The zero-order valence-corrected chi connectivity index (χ0v) is 19.1. The molecule has 15 heteroatoms. The Hall–Kier alpha value is -4.95. The number of halogens is 4. The molecule has 0 bridgehead atoms. The number of benzene rings is 2. The van der Waals surface area contributed by atoms with Crippen molar-refractivity contribution in [1.29, 1.82) is 0 Å². The summed E-state index contributed by atoms with van der Waals surface area (Å²) >= 11 is 0. The highest BCUT2D eigenvalue weighted by Crippen LogP contribution is 2.32. The van der Waals surface area contributed by atoms with Crippen molar-refractivity contribution in [3.8, 4) is 0 Å². The molecule has 0 radical (unpaired) electrons. The third-order valence-corrected chi connectivity index (χ3v) is 5.45. The van der Waals surface area contributed by atoms with Crippen molar-refractivity contribution in [2.45, 2.75) is 25.4 Å². The number of fused-ring (bicyclic) bond motifs is 2. The molecular formula is C23H16F4N6O5. The molecule has 1 amide bonds. The van der Waals surface area contributed by atoms with E-state index in [1.54, 1.807) is 6.07 Å². The number of carbonyl (C=O) groups is 2. The molecular weight excluding hydrogens is 516 g/mol. The zero-order valence-electron chi connectivity index (χ0n) is 19.1. The second-order valence-corrected chi connectivity index (χ2v) is 8.13. The number of oxazole rings is 1. The van der Waals surface area contributed by atoms with Gasteiger partial charge in [0.15, 0.2) is 17.2 Å². The third-order valence-electron chi connectivity index (χ3n) is 5.45. The van der Waals surface area contributed by atoms with Crippen molar-refractivity contribution in [1.82, 2.24) is 15.0 Å². The molecule has 196 valence electrons. The molecule has 2 aromatic heterocycles. The molecule has 0 atom stereocenters. The summed E-state index contributed by atoms with van der Waals surface area (Å²) < 4.78 is 57.4. The van der Waals surface area contributed by atoms with Crippen molar-refractivity contribution in [2.24, 2.45) is 0 Å². The highest BCUT2D eigenvalue weighted by atomic mass is 19.4. The predicted molar refractivity (Wildman–Crippen MR) is 124 cm³/mol. The minimum Gasteiger partial charge on any atom is -0.408 e. The van der Waals surface area contributed by atoms with Crippen molar-refractivity contribution in [3.05, 3.63) is 64.5 Å². The van der Waals surface area contributed by atoms with Crippen LogP contribution in [0.3, 0.4) is 0 Å². The average Bonchev–Trinajstić information content (AvgIpc) is 3.16. The summed E-state index contributed by atoms with van der Waals surface area (Å²) in [6.45, 7) is 0. The topological polar surface area (TPSA) is 142 Å². The summed E-state index contributed by atoms with van der Waals surface area (Å²) in [6.07, 6.45) is -3.86. The second-order valence-electron chi connectivity index (χ2n) is 8.13. The molecule has 3 N–H and O–H groups in total. The Morgan fingerprint density at radius 1 is 1.08 bits per heavy atom. The molecule has 3 heterocycles. The number of H-pyrrole nitrogens is 1. The smallest absolute Gasteiger partial charge is 0.408 e. The number of aromatic nitrogens is 3. The SMILES string of the molecule is O=C1CCCc2cc(Nc3ncc(F)c(Nc4ccc5oc(=O)[nH]c5c4)n3)ccc2N1OC(=O)C(F)(F)F. The van der Waals surface area contributed by atoms with E-state index < -0.39 is 29.6 Å². The molecule has 0 saturated heterocycles. The van der Waals surface area contributed by atoms with Gasteiger partial charge in [-0.3, -0.25) is 9.78 Å². The normalized spacial score (nSPS) is 13.7. The molecule has 38 heavy (non-hydrogen) atoms. The van der Waals surface area contributed by atoms with Crippen LogP contribution < -0.4 is 21.5 Å². The van der Waals surface area contributed by atoms with Crippen molar-refractivity contribution < 1.29 is 36.4 Å². The van der Waals surface area contributed by atoms with E-state index in [9.17, 15) is 31.9 Å². The molecule has 11 nitrogen and oxygen atoms in total. The number of nitrogens with zero attached hydrogens (tertiary/aromatic N) is 3. The van der Waals surface area contributed by atoms with Crippen molar-refractivity contribution >= 4 is 51.8 Å². The number of rotatable bonds is 5. The van der Waals surface area contributed by atoms with Crippen LogP contribution in [0.25, 0.3) is 11.1 Å². The lowest BCUT2D eigenvalue weighted by molar-refractivity contribution is -0.201. The van der Waals surface area contributed by atoms with Gasteiger partial charge in [-0.05, 0) is 54.8 Å². The van der Waals surface area contributed by atoms with Gasteiger partial charge in [0, 0.05) is 17.8 Å². The van der Waals surface area contributed by atoms with Crippen LogP contribution in [0.4, 0.5) is 46.4 Å². The monoisotopic (exact) mass is 532 g/mol. The molecule has 0 spiro atoms. The van der Waals surface area contributed by atoms with E-state index in [4.69, 9.17) is 4.42 Å². The summed E-state index contributed by atoms with van der Waals surface area (Å²) in [5.41, 5.74) is 1.93. The lowest BCUT2D eigenvalue weighted by Crippen LogP contribution is -2.38. The summed E-state index contributed by atoms with van der Waals surface area (Å²) in [5, 5.41) is 6.00. The lowest BCUT2D eigenvalue weighted by atomic mass is 10.1. The quantitative estimate of drug-likeness (QED) is 0.322. The Labute approximate surface area is 209 Å². The molecule has 0 aliphatic carbocycles. The Morgan fingerprint density at radius 2 is 1.84 bits per heavy atom. The fourth-order valence-electron chi connectivity index (χ4n) is 3.77. The molecule has 1 aliphatic rings. The molecule has 1 aliphatic heterocycles. The van der Waals surface area contributed by atoms with E-state index in [2.05, 4.69) is 30.4 Å². The van der Waals surface area contributed by atoms with Gasteiger partial charge < -0.3 is 19.9 Å². The number of alkyl halides is 3. The van der Waals surface area contributed by atoms with Gasteiger partial charge in [-0.15, -0.1) is 5.06 Å². The van der Waals surface area contributed by atoms with Gasteiger partial charge >= 0.3 is 17.9 Å². The Kier molecular flexibility index (Phi) is 6.18. The maximum absolute atomic E-state index is 14.4. The van der Waals surface area contributed by atoms with Gasteiger partial charge in [-0.1, -0.05) is 0 Å². The van der Waals surface area contributed by atoms with Crippen molar-refractivity contribution in [3.63, 3.8) is 0 Å². The minimum atomic E-state index is -5.28. The van der Waals surface area contributed by atoms with E-state index in [1.807, 2.05) is 0 Å².